The Morgan fingerprint density at radius 1 is 1.00 bits per heavy atom. The zero-order chi connectivity index (χ0) is 19.8. The van der Waals surface area contributed by atoms with E-state index in [0.717, 1.165) is 22.8 Å². The molecule has 4 heterocycles. The van der Waals surface area contributed by atoms with E-state index in [0.29, 0.717) is 42.4 Å². The molecule has 0 aromatic carbocycles. The summed E-state index contributed by atoms with van der Waals surface area (Å²) in [4.78, 5) is 16.4. The van der Waals surface area contributed by atoms with Gasteiger partial charge in [0.05, 0.1) is 5.69 Å². The first kappa shape index (κ1) is 18.7. The van der Waals surface area contributed by atoms with E-state index >= 15 is 0 Å². The third-order valence-electron chi connectivity index (χ3n) is 5.18. The number of anilines is 1. The molecule has 3 aromatic heterocycles. The maximum atomic E-state index is 12.5. The van der Waals surface area contributed by atoms with Gasteiger partial charge in [-0.05, 0) is 66.5 Å². The number of carbonyl (C=O) groups excluding carboxylic acids is 1. The molecule has 146 valence electrons. The highest BCUT2D eigenvalue weighted by atomic mass is 79.9. The van der Waals surface area contributed by atoms with E-state index in [2.05, 4.69) is 43.0 Å². The molecule has 1 aliphatic heterocycles. The van der Waals surface area contributed by atoms with E-state index in [1.165, 1.54) is 0 Å². The largest absolute Gasteiger partial charge is 0.444 e. The average Bonchev–Trinajstić information content (AvgIpc) is 3.26. The minimum atomic E-state index is -0.0910. The highest BCUT2D eigenvalue weighted by Crippen LogP contribution is 2.20. The summed E-state index contributed by atoms with van der Waals surface area (Å²) in [6.45, 7) is 8.68. The number of hydrogen-bond acceptors (Lipinski definition) is 6. The number of aromatic nitrogens is 4. The minimum absolute atomic E-state index is 0.0910. The molecule has 4 rings (SSSR count). The number of aryl methyl sites for hydroxylation is 1. The van der Waals surface area contributed by atoms with Gasteiger partial charge in [-0.1, -0.05) is 0 Å². The fraction of sp³-hybridized carbons (Fsp3) is 0.368. The summed E-state index contributed by atoms with van der Waals surface area (Å²) in [7, 11) is 0. The van der Waals surface area contributed by atoms with Gasteiger partial charge >= 0.3 is 0 Å². The summed E-state index contributed by atoms with van der Waals surface area (Å²) in [6.07, 6.45) is 0. The molecule has 1 saturated heterocycles. The molecule has 0 bridgehead atoms. The van der Waals surface area contributed by atoms with Crippen LogP contribution in [-0.4, -0.2) is 57.0 Å². The Bertz CT molecular complexity index is 1000. The molecule has 0 unspecified atom stereocenters. The molecule has 28 heavy (non-hydrogen) atoms. The van der Waals surface area contributed by atoms with Crippen molar-refractivity contribution in [2.45, 2.75) is 20.8 Å². The lowest BCUT2D eigenvalue weighted by molar-refractivity contribution is 0.0713. The lowest BCUT2D eigenvalue weighted by atomic mass is 10.2. The van der Waals surface area contributed by atoms with Gasteiger partial charge in [0.25, 0.3) is 5.91 Å². The van der Waals surface area contributed by atoms with Crippen LogP contribution in [0.25, 0.3) is 5.82 Å². The molecule has 1 aliphatic rings. The summed E-state index contributed by atoms with van der Waals surface area (Å²) in [6, 6.07) is 7.29. The third kappa shape index (κ3) is 3.42. The molecule has 9 heteroatoms. The fourth-order valence-corrected chi connectivity index (χ4v) is 3.57. The van der Waals surface area contributed by atoms with Crippen LogP contribution in [-0.2, 0) is 0 Å². The quantitative estimate of drug-likeness (QED) is 0.617. The Morgan fingerprint density at radius 2 is 1.68 bits per heavy atom. The molecule has 1 amide bonds. The molecule has 0 N–H and O–H groups in total. The molecular formula is C19H21BrN6O2. The van der Waals surface area contributed by atoms with Gasteiger partial charge in [-0.15, -0.1) is 10.2 Å². The molecule has 8 nitrogen and oxygen atoms in total. The van der Waals surface area contributed by atoms with Gasteiger partial charge in [-0.2, -0.15) is 5.10 Å². The second-order valence-electron chi connectivity index (χ2n) is 6.84. The number of piperazine rings is 1. The number of furan rings is 1. The second-order valence-corrected chi connectivity index (χ2v) is 7.62. The van der Waals surface area contributed by atoms with Crippen LogP contribution in [0.15, 0.2) is 33.4 Å². The van der Waals surface area contributed by atoms with E-state index in [4.69, 9.17) is 4.42 Å². The van der Waals surface area contributed by atoms with Crippen molar-refractivity contribution in [1.29, 1.82) is 0 Å². The van der Waals surface area contributed by atoms with Crippen LogP contribution in [0.4, 0.5) is 5.82 Å². The zero-order valence-electron chi connectivity index (χ0n) is 16.0. The summed E-state index contributed by atoms with van der Waals surface area (Å²) in [5.74, 6) is 1.76. The smallest absolute Gasteiger partial charge is 0.289 e. The normalized spacial score (nSPS) is 14.6. The summed E-state index contributed by atoms with van der Waals surface area (Å²) in [5.41, 5.74) is 3.22. The molecule has 0 radical (unpaired) electrons. The van der Waals surface area contributed by atoms with E-state index in [9.17, 15) is 4.79 Å². The first-order valence-electron chi connectivity index (χ1n) is 9.10. The maximum absolute atomic E-state index is 12.5. The monoisotopic (exact) mass is 444 g/mol. The Labute approximate surface area is 171 Å². The summed E-state index contributed by atoms with van der Waals surface area (Å²) in [5, 5.41) is 13.3. The van der Waals surface area contributed by atoms with Crippen LogP contribution in [0.5, 0.6) is 0 Å². The van der Waals surface area contributed by atoms with E-state index in [1.54, 1.807) is 17.0 Å². The van der Waals surface area contributed by atoms with Crippen LogP contribution in [0.2, 0.25) is 0 Å². The first-order valence-corrected chi connectivity index (χ1v) is 9.90. The lowest BCUT2D eigenvalue weighted by Crippen LogP contribution is -2.49. The van der Waals surface area contributed by atoms with Gasteiger partial charge in [0.1, 0.15) is 0 Å². The number of rotatable bonds is 3. The maximum Gasteiger partial charge on any atom is 0.289 e. The lowest BCUT2D eigenvalue weighted by Gasteiger charge is -2.34. The van der Waals surface area contributed by atoms with Crippen molar-refractivity contribution in [3.63, 3.8) is 0 Å². The summed E-state index contributed by atoms with van der Waals surface area (Å²) < 4.78 is 7.74. The van der Waals surface area contributed by atoms with Crippen LogP contribution in [0.1, 0.15) is 27.5 Å². The number of carbonyl (C=O) groups is 1. The first-order chi connectivity index (χ1) is 13.4. The topological polar surface area (TPSA) is 80.3 Å². The van der Waals surface area contributed by atoms with Crippen molar-refractivity contribution in [1.82, 2.24) is 24.9 Å². The number of hydrogen-bond donors (Lipinski definition) is 0. The fourth-order valence-electron chi connectivity index (χ4n) is 3.27. The van der Waals surface area contributed by atoms with Gasteiger partial charge < -0.3 is 14.2 Å². The molecular weight excluding hydrogens is 424 g/mol. The molecule has 0 spiro atoms. The van der Waals surface area contributed by atoms with Gasteiger partial charge in [-0.3, -0.25) is 4.79 Å². The summed E-state index contributed by atoms with van der Waals surface area (Å²) >= 11 is 3.23. The van der Waals surface area contributed by atoms with Crippen molar-refractivity contribution in [2.24, 2.45) is 0 Å². The number of amides is 1. The van der Waals surface area contributed by atoms with Crippen LogP contribution >= 0.6 is 15.9 Å². The van der Waals surface area contributed by atoms with Crippen molar-refractivity contribution in [2.75, 3.05) is 31.1 Å². The average molecular weight is 445 g/mol. The molecule has 0 aliphatic carbocycles. The van der Waals surface area contributed by atoms with Crippen molar-refractivity contribution < 1.29 is 9.21 Å². The van der Waals surface area contributed by atoms with Crippen LogP contribution < -0.4 is 4.90 Å². The van der Waals surface area contributed by atoms with Gasteiger partial charge in [0.15, 0.2) is 22.1 Å². The highest BCUT2D eigenvalue weighted by molar-refractivity contribution is 9.10. The van der Waals surface area contributed by atoms with E-state index < -0.39 is 0 Å². The SMILES string of the molecule is Cc1nn(-c2ccc(N3CCN(C(=O)c4ccc(Br)o4)CC3)nn2)c(C)c1C. The molecule has 0 atom stereocenters. The third-order valence-corrected chi connectivity index (χ3v) is 5.61. The van der Waals surface area contributed by atoms with Crippen LogP contribution in [0.3, 0.4) is 0 Å². The van der Waals surface area contributed by atoms with Crippen molar-refractivity contribution >= 4 is 27.7 Å². The Balaban J connectivity index is 1.42. The predicted molar refractivity (Wildman–Crippen MR) is 108 cm³/mol. The Morgan fingerprint density at radius 3 is 2.21 bits per heavy atom. The predicted octanol–water partition coefficient (Wildman–Crippen LogP) is 2.91. The molecule has 1 fully saturated rings. The minimum Gasteiger partial charge on any atom is -0.444 e. The number of nitrogens with zero attached hydrogens (tertiary/aromatic N) is 6. The standard InChI is InChI=1S/C19H21BrN6O2/c1-12-13(2)23-26(14(12)3)18-7-6-17(21-22-18)24-8-10-25(11-9-24)19(27)15-4-5-16(20)28-15/h4-7H,8-11H2,1-3H3. The van der Waals surface area contributed by atoms with Gasteiger partial charge in [-0.25, -0.2) is 4.68 Å². The molecule has 3 aromatic rings. The van der Waals surface area contributed by atoms with Gasteiger partial charge in [0.2, 0.25) is 0 Å². The zero-order valence-corrected chi connectivity index (χ0v) is 17.6. The van der Waals surface area contributed by atoms with E-state index in [1.807, 2.05) is 30.7 Å². The van der Waals surface area contributed by atoms with Crippen molar-refractivity contribution in [3.8, 4) is 5.82 Å². The van der Waals surface area contributed by atoms with Crippen LogP contribution in [0, 0.1) is 20.8 Å². The number of halogens is 1. The van der Waals surface area contributed by atoms with E-state index in [-0.39, 0.29) is 5.91 Å². The Kier molecular flexibility index (Phi) is 4.92. The van der Waals surface area contributed by atoms with Crippen molar-refractivity contribution in [3.05, 3.63) is 51.6 Å². The Hall–Kier alpha value is -2.68. The van der Waals surface area contributed by atoms with Gasteiger partial charge in [0, 0.05) is 31.9 Å². The second kappa shape index (κ2) is 7.38. The highest BCUT2D eigenvalue weighted by Gasteiger charge is 2.25. The molecule has 0 saturated carbocycles.